The molecule has 0 heterocycles. The molecule has 0 aliphatic carbocycles. The highest BCUT2D eigenvalue weighted by molar-refractivity contribution is 9.11. The number of rotatable bonds is 4. The van der Waals surface area contributed by atoms with Gasteiger partial charge in [-0.2, -0.15) is 0 Å². The van der Waals surface area contributed by atoms with E-state index in [2.05, 4.69) is 31.9 Å². The van der Waals surface area contributed by atoms with Gasteiger partial charge < -0.3 is 5.73 Å². The summed E-state index contributed by atoms with van der Waals surface area (Å²) in [7, 11) is -2.51. The summed E-state index contributed by atoms with van der Waals surface area (Å²) in [6.07, 6.45) is 0. The van der Waals surface area contributed by atoms with Gasteiger partial charge in [0.1, 0.15) is 10.7 Å². The lowest BCUT2D eigenvalue weighted by Gasteiger charge is -2.24. The zero-order valence-corrected chi connectivity index (χ0v) is 15.4. The summed E-state index contributed by atoms with van der Waals surface area (Å²) >= 11 is 6.84. The maximum absolute atomic E-state index is 10.9. The van der Waals surface area contributed by atoms with Crippen LogP contribution in [0.1, 0.15) is 5.56 Å². The first-order valence-electron chi connectivity index (χ1n) is 6.18. The molecule has 2 rings (SSSR count). The summed E-state index contributed by atoms with van der Waals surface area (Å²) in [4.78, 5) is 1.54. The third-order valence-electron chi connectivity index (χ3n) is 2.87. The number of nitrogens with one attached hydrogen (secondary N) is 1. The molecule has 0 saturated heterocycles. The lowest BCUT2D eigenvalue weighted by atomic mass is 10.2. The number of benzene rings is 2. The van der Waals surface area contributed by atoms with E-state index in [9.17, 15) is 8.42 Å². The highest BCUT2D eigenvalue weighted by Gasteiger charge is 2.16. The van der Waals surface area contributed by atoms with Gasteiger partial charge in [0.25, 0.3) is 0 Å². The van der Waals surface area contributed by atoms with Crippen LogP contribution in [0.3, 0.4) is 0 Å². The van der Waals surface area contributed by atoms with Crippen molar-refractivity contribution in [1.82, 2.24) is 0 Å². The van der Waals surface area contributed by atoms with Gasteiger partial charge in [-0.25, -0.2) is 8.42 Å². The van der Waals surface area contributed by atoms with Crippen molar-refractivity contribution in [3.05, 3.63) is 57.0 Å². The second-order valence-electron chi connectivity index (χ2n) is 4.48. The fourth-order valence-corrected chi connectivity index (χ4v) is 3.28. The largest absolute Gasteiger partial charge is 0.369 e. The van der Waals surface area contributed by atoms with Crippen molar-refractivity contribution in [3.8, 4) is 0 Å². The minimum atomic E-state index is -2.51. The molecular formula is C14H13Br2N3O2S. The Labute approximate surface area is 146 Å². The second kappa shape index (κ2) is 7.26. The lowest BCUT2D eigenvalue weighted by Crippen LogP contribution is -2.32. The van der Waals surface area contributed by atoms with Gasteiger partial charge in [-0.3, -0.25) is 10.3 Å². The highest BCUT2D eigenvalue weighted by Crippen LogP contribution is 2.34. The van der Waals surface area contributed by atoms with Crippen LogP contribution >= 0.6 is 31.9 Å². The monoisotopic (exact) mass is 445 g/mol. The summed E-state index contributed by atoms with van der Waals surface area (Å²) in [6, 6.07) is 12.5. The van der Waals surface area contributed by atoms with Crippen molar-refractivity contribution in [3.63, 3.8) is 0 Å². The molecule has 2 aromatic rings. The lowest BCUT2D eigenvalue weighted by molar-refractivity contribution is 0.614. The number of hydrogen-bond acceptors (Lipinski definition) is 3. The first-order chi connectivity index (χ1) is 10.4. The van der Waals surface area contributed by atoms with Crippen molar-refractivity contribution >= 4 is 59.9 Å². The van der Waals surface area contributed by atoms with Crippen molar-refractivity contribution in [2.75, 3.05) is 4.90 Å². The van der Waals surface area contributed by atoms with E-state index in [0.29, 0.717) is 16.9 Å². The van der Waals surface area contributed by atoms with Gasteiger partial charge in [0.2, 0.25) is 0 Å². The first kappa shape index (κ1) is 17.0. The maximum Gasteiger partial charge on any atom is 0.197 e. The molecule has 0 bridgehead atoms. The molecule has 0 saturated carbocycles. The minimum Gasteiger partial charge on any atom is -0.369 e. The van der Waals surface area contributed by atoms with Gasteiger partial charge in [0.15, 0.2) is 5.96 Å². The zero-order valence-electron chi connectivity index (χ0n) is 11.3. The number of nitrogens with zero attached hydrogens (tertiary/aromatic N) is 1. The number of anilines is 2. The Hall–Kier alpha value is -1.38. The Kier molecular flexibility index (Phi) is 5.60. The van der Waals surface area contributed by atoms with Gasteiger partial charge in [0.05, 0.1) is 11.4 Å². The molecule has 3 N–H and O–H groups in total. The molecule has 0 amide bonds. The van der Waals surface area contributed by atoms with Crippen LogP contribution in [0.4, 0.5) is 11.4 Å². The molecule has 22 heavy (non-hydrogen) atoms. The van der Waals surface area contributed by atoms with Crippen LogP contribution in [-0.4, -0.2) is 14.4 Å². The highest BCUT2D eigenvalue weighted by atomic mass is 79.9. The van der Waals surface area contributed by atoms with E-state index in [-0.39, 0.29) is 11.7 Å². The average Bonchev–Trinajstić information content (AvgIpc) is 2.42. The Morgan fingerprint density at radius 2 is 1.91 bits per heavy atom. The summed E-state index contributed by atoms with van der Waals surface area (Å²) < 4.78 is 23.4. The third-order valence-corrected chi connectivity index (χ3v) is 4.66. The quantitative estimate of drug-likeness (QED) is 0.381. The normalized spacial score (nSPS) is 10.7. The second-order valence-corrected chi connectivity index (χ2v) is 7.23. The molecule has 0 atom stereocenters. The van der Waals surface area contributed by atoms with Crippen LogP contribution in [0.5, 0.6) is 0 Å². The van der Waals surface area contributed by atoms with Crippen molar-refractivity contribution in [2.24, 2.45) is 5.73 Å². The number of halogens is 2. The molecule has 116 valence electrons. The van der Waals surface area contributed by atoms with Gasteiger partial charge in [-0.15, -0.1) is 0 Å². The number of thiol groups is 1. The summed E-state index contributed by atoms with van der Waals surface area (Å²) in [5.41, 5.74) is 7.68. The number of guanidine groups is 1. The molecule has 2 aromatic carbocycles. The van der Waals surface area contributed by atoms with Crippen molar-refractivity contribution in [2.45, 2.75) is 5.75 Å². The molecular weight excluding hydrogens is 434 g/mol. The Balaban J connectivity index is 2.53. The van der Waals surface area contributed by atoms with Gasteiger partial charge in [0, 0.05) is 14.6 Å². The average molecular weight is 447 g/mol. The standard InChI is InChI=1S/C14H13Br2N3O2S/c15-10-4-5-12(16)13(7-10)19(14(17)18)11-3-1-2-9(6-11)8-22(20)21/h1-7,22H,8H2,(H3,17,18). The molecule has 0 aliphatic rings. The van der Waals surface area contributed by atoms with E-state index < -0.39 is 10.7 Å². The number of nitrogens with two attached hydrogens (primary N) is 1. The fraction of sp³-hybridized carbons (Fsp3) is 0.0714. The van der Waals surface area contributed by atoms with E-state index in [0.717, 1.165) is 8.95 Å². The maximum atomic E-state index is 10.9. The molecule has 0 aromatic heterocycles. The molecule has 5 nitrogen and oxygen atoms in total. The Bertz CT molecular complexity index is 785. The van der Waals surface area contributed by atoms with Gasteiger partial charge in [-0.1, -0.05) is 28.1 Å². The zero-order chi connectivity index (χ0) is 16.3. The van der Waals surface area contributed by atoms with E-state index in [1.165, 1.54) is 4.90 Å². The molecule has 0 fully saturated rings. The van der Waals surface area contributed by atoms with Crippen LogP contribution in [0.2, 0.25) is 0 Å². The van der Waals surface area contributed by atoms with Crippen LogP contribution < -0.4 is 10.6 Å². The fourth-order valence-electron chi connectivity index (χ4n) is 2.01. The van der Waals surface area contributed by atoms with Crippen LogP contribution in [-0.2, 0) is 16.5 Å². The van der Waals surface area contributed by atoms with Crippen LogP contribution in [0.25, 0.3) is 0 Å². The van der Waals surface area contributed by atoms with Crippen molar-refractivity contribution in [1.29, 1.82) is 5.41 Å². The van der Waals surface area contributed by atoms with Crippen LogP contribution in [0.15, 0.2) is 51.4 Å². The molecule has 0 unspecified atom stereocenters. The smallest absolute Gasteiger partial charge is 0.197 e. The Morgan fingerprint density at radius 1 is 1.18 bits per heavy atom. The van der Waals surface area contributed by atoms with E-state index in [1.807, 2.05) is 18.2 Å². The van der Waals surface area contributed by atoms with Crippen molar-refractivity contribution < 1.29 is 8.42 Å². The molecule has 0 aliphatic heterocycles. The molecule has 0 spiro atoms. The van der Waals surface area contributed by atoms with Gasteiger partial charge in [-0.05, 0) is 51.8 Å². The van der Waals surface area contributed by atoms with E-state index >= 15 is 0 Å². The topological polar surface area (TPSA) is 87.2 Å². The first-order valence-corrected chi connectivity index (χ1v) is 9.13. The predicted octanol–water partition coefficient (Wildman–Crippen LogP) is 3.35. The predicted molar refractivity (Wildman–Crippen MR) is 96.4 cm³/mol. The number of hydrogen-bond donors (Lipinski definition) is 3. The SMILES string of the molecule is N=C(N)N(c1cccc(C[SH](=O)=O)c1)c1cc(Br)ccc1Br. The summed E-state index contributed by atoms with van der Waals surface area (Å²) in [5, 5.41) is 7.85. The van der Waals surface area contributed by atoms with Gasteiger partial charge >= 0.3 is 0 Å². The molecule has 0 radical (unpaired) electrons. The third kappa shape index (κ3) is 4.08. The van der Waals surface area contributed by atoms with E-state index in [1.54, 1.807) is 24.3 Å². The minimum absolute atomic E-state index is 0.0471. The summed E-state index contributed by atoms with van der Waals surface area (Å²) in [6.45, 7) is 0. The Morgan fingerprint density at radius 3 is 2.55 bits per heavy atom. The summed E-state index contributed by atoms with van der Waals surface area (Å²) in [5.74, 6) is -0.211. The molecule has 8 heteroatoms. The van der Waals surface area contributed by atoms with Crippen LogP contribution in [0, 0.1) is 5.41 Å². The van der Waals surface area contributed by atoms with E-state index in [4.69, 9.17) is 11.1 Å².